The minimum absolute atomic E-state index is 0.265. The Labute approximate surface area is 197 Å². The van der Waals surface area contributed by atoms with Crippen molar-refractivity contribution < 1.29 is 5.11 Å². The molecule has 1 fully saturated rings. The summed E-state index contributed by atoms with van der Waals surface area (Å²) in [6.07, 6.45) is 5.49. The van der Waals surface area contributed by atoms with E-state index in [0.717, 1.165) is 65.6 Å². The molecule has 0 aliphatic carbocycles. The Morgan fingerprint density at radius 2 is 1.73 bits per heavy atom. The molecule has 168 valence electrons. The molecule has 0 unspecified atom stereocenters. The minimum Gasteiger partial charge on any atom is -0.507 e. The predicted molar refractivity (Wildman–Crippen MR) is 139 cm³/mol. The number of anilines is 3. The third-order valence-corrected chi connectivity index (χ3v) is 7.07. The van der Waals surface area contributed by atoms with Crippen LogP contribution >= 0.6 is 11.3 Å². The van der Waals surface area contributed by atoms with Crippen molar-refractivity contribution >= 4 is 50.9 Å². The highest BCUT2D eigenvalue weighted by atomic mass is 32.1. The molecule has 2 aromatic heterocycles. The van der Waals surface area contributed by atoms with Gasteiger partial charge in [0.05, 0.1) is 10.2 Å². The number of phenols is 1. The Bertz CT molecular complexity index is 1260. The largest absolute Gasteiger partial charge is 0.507 e. The van der Waals surface area contributed by atoms with Gasteiger partial charge in [-0.05, 0) is 36.9 Å². The highest BCUT2D eigenvalue weighted by molar-refractivity contribution is 7.18. The number of nitrogens with one attached hydrogen (secondary N) is 1. The van der Waals surface area contributed by atoms with Crippen LogP contribution in [0.3, 0.4) is 0 Å². The fourth-order valence-electron chi connectivity index (χ4n) is 4.10. The first-order chi connectivity index (χ1) is 16.2. The lowest BCUT2D eigenvalue weighted by molar-refractivity contribution is 0.271. The van der Waals surface area contributed by atoms with Crippen LogP contribution in [0.5, 0.6) is 5.75 Å². The van der Waals surface area contributed by atoms with Crippen molar-refractivity contribution in [2.24, 2.45) is 0 Å². The molecular formula is C26H27N5OS. The predicted octanol–water partition coefficient (Wildman–Crippen LogP) is 5.45. The summed E-state index contributed by atoms with van der Waals surface area (Å²) in [6, 6.07) is 15.9. The van der Waals surface area contributed by atoms with Crippen LogP contribution in [0.15, 0.2) is 60.2 Å². The molecule has 1 aliphatic heterocycles. The minimum atomic E-state index is 0.265. The van der Waals surface area contributed by atoms with E-state index in [1.54, 1.807) is 23.7 Å². The van der Waals surface area contributed by atoms with E-state index >= 15 is 0 Å². The lowest BCUT2D eigenvalue weighted by Crippen LogP contribution is -2.46. The molecule has 7 heteroatoms. The van der Waals surface area contributed by atoms with Gasteiger partial charge in [0.15, 0.2) is 5.82 Å². The second-order valence-electron chi connectivity index (χ2n) is 8.08. The van der Waals surface area contributed by atoms with Crippen LogP contribution in [0.4, 0.5) is 17.2 Å². The first-order valence-electron chi connectivity index (χ1n) is 11.2. The number of aromatic nitrogens is 2. The van der Waals surface area contributed by atoms with Crippen molar-refractivity contribution in [2.45, 2.75) is 6.92 Å². The Morgan fingerprint density at radius 1 is 0.970 bits per heavy atom. The van der Waals surface area contributed by atoms with Crippen LogP contribution in [0.25, 0.3) is 22.4 Å². The zero-order valence-electron chi connectivity index (χ0n) is 18.6. The van der Waals surface area contributed by atoms with E-state index in [0.29, 0.717) is 0 Å². The van der Waals surface area contributed by atoms with Gasteiger partial charge in [-0.25, -0.2) is 9.97 Å². The number of para-hydroxylation sites is 1. The van der Waals surface area contributed by atoms with Crippen molar-refractivity contribution in [3.63, 3.8) is 0 Å². The summed E-state index contributed by atoms with van der Waals surface area (Å²) < 4.78 is 1.01. The van der Waals surface area contributed by atoms with Gasteiger partial charge < -0.3 is 20.2 Å². The Morgan fingerprint density at radius 3 is 2.48 bits per heavy atom. The highest BCUT2D eigenvalue weighted by Gasteiger charge is 2.16. The SMILES string of the molecule is CCN1CCN(c2ccc(Nc3ncnc4c(C=Cc5ccccc5O)csc34)cc2)CC1. The van der Waals surface area contributed by atoms with Crippen molar-refractivity contribution in [3.8, 4) is 5.75 Å². The van der Waals surface area contributed by atoms with Crippen molar-refractivity contribution in [1.82, 2.24) is 14.9 Å². The molecule has 6 nitrogen and oxygen atoms in total. The van der Waals surface area contributed by atoms with Gasteiger partial charge in [0.2, 0.25) is 0 Å². The van der Waals surface area contributed by atoms with E-state index in [4.69, 9.17) is 0 Å². The second kappa shape index (κ2) is 9.60. The zero-order chi connectivity index (χ0) is 22.6. The summed E-state index contributed by atoms with van der Waals surface area (Å²) in [4.78, 5) is 13.9. The van der Waals surface area contributed by atoms with Gasteiger partial charge in [0, 0.05) is 54.1 Å². The topological polar surface area (TPSA) is 64.5 Å². The molecule has 1 saturated heterocycles. The first-order valence-corrected chi connectivity index (χ1v) is 12.1. The summed E-state index contributed by atoms with van der Waals surface area (Å²) in [7, 11) is 0. The van der Waals surface area contributed by atoms with Crippen LogP contribution in [0, 0.1) is 0 Å². The van der Waals surface area contributed by atoms with Gasteiger partial charge in [-0.1, -0.05) is 37.3 Å². The molecule has 33 heavy (non-hydrogen) atoms. The lowest BCUT2D eigenvalue weighted by Gasteiger charge is -2.35. The molecule has 0 atom stereocenters. The lowest BCUT2D eigenvalue weighted by atomic mass is 10.1. The summed E-state index contributed by atoms with van der Waals surface area (Å²) in [5.74, 6) is 1.07. The van der Waals surface area contributed by atoms with Gasteiger partial charge in [0.25, 0.3) is 0 Å². The summed E-state index contributed by atoms with van der Waals surface area (Å²) >= 11 is 1.61. The molecule has 0 saturated carbocycles. The van der Waals surface area contributed by atoms with Gasteiger partial charge in [0.1, 0.15) is 12.1 Å². The molecule has 1 aliphatic rings. The quantitative estimate of drug-likeness (QED) is 0.401. The molecule has 0 spiro atoms. The molecule has 0 radical (unpaired) electrons. The number of piperazine rings is 1. The van der Waals surface area contributed by atoms with E-state index in [1.807, 2.05) is 30.4 Å². The number of likely N-dealkylation sites (N-methyl/N-ethyl adjacent to an activating group) is 1. The Hall–Kier alpha value is -3.42. The van der Waals surface area contributed by atoms with Crippen molar-refractivity contribution in [2.75, 3.05) is 42.9 Å². The van der Waals surface area contributed by atoms with Crippen LogP contribution < -0.4 is 10.2 Å². The highest BCUT2D eigenvalue weighted by Crippen LogP contribution is 2.32. The molecular weight excluding hydrogens is 430 g/mol. The van der Waals surface area contributed by atoms with Crippen LogP contribution in [0.1, 0.15) is 18.1 Å². The fraction of sp³-hybridized carbons (Fsp3) is 0.231. The first kappa shape index (κ1) is 21.4. The third-order valence-electron chi connectivity index (χ3n) is 6.07. The number of hydrogen-bond acceptors (Lipinski definition) is 7. The smallest absolute Gasteiger partial charge is 0.151 e. The normalized spacial score (nSPS) is 14.9. The fourth-order valence-corrected chi connectivity index (χ4v) is 5.03. The zero-order valence-corrected chi connectivity index (χ0v) is 19.4. The number of fused-ring (bicyclic) bond motifs is 1. The summed E-state index contributed by atoms with van der Waals surface area (Å²) in [6.45, 7) is 7.72. The summed E-state index contributed by atoms with van der Waals surface area (Å²) in [5.41, 5.74) is 4.95. The third kappa shape index (κ3) is 4.69. The van der Waals surface area contributed by atoms with E-state index in [9.17, 15) is 5.11 Å². The van der Waals surface area contributed by atoms with E-state index in [-0.39, 0.29) is 5.75 Å². The maximum atomic E-state index is 10.00. The monoisotopic (exact) mass is 457 g/mol. The molecule has 2 aromatic carbocycles. The molecule has 0 amide bonds. The summed E-state index contributed by atoms with van der Waals surface area (Å²) in [5, 5.41) is 15.5. The molecule has 2 N–H and O–H groups in total. The van der Waals surface area contributed by atoms with Crippen LogP contribution in [-0.2, 0) is 0 Å². The number of rotatable bonds is 6. The Balaban J connectivity index is 1.32. The van der Waals surface area contributed by atoms with E-state index in [1.165, 1.54) is 5.69 Å². The number of hydrogen-bond donors (Lipinski definition) is 2. The average Bonchev–Trinajstić information content (AvgIpc) is 3.28. The van der Waals surface area contributed by atoms with Crippen LogP contribution in [0.2, 0.25) is 0 Å². The number of benzene rings is 2. The van der Waals surface area contributed by atoms with Gasteiger partial charge in [-0.15, -0.1) is 11.3 Å². The van der Waals surface area contributed by atoms with Gasteiger partial charge in [-0.2, -0.15) is 0 Å². The van der Waals surface area contributed by atoms with E-state index < -0.39 is 0 Å². The average molecular weight is 458 g/mol. The van der Waals surface area contributed by atoms with Crippen molar-refractivity contribution in [3.05, 3.63) is 71.4 Å². The van der Waals surface area contributed by atoms with Gasteiger partial charge in [-0.3, -0.25) is 0 Å². The van der Waals surface area contributed by atoms with Crippen molar-refractivity contribution in [1.29, 1.82) is 0 Å². The number of aromatic hydroxyl groups is 1. The Kier molecular flexibility index (Phi) is 6.24. The molecule has 5 rings (SSSR count). The number of thiophene rings is 1. The van der Waals surface area contributed by atoms with E-state index in [2.05, 4.69) is 61.7 Å². The second-order valence-corrected chi connectivity index (χ2v) is 8.96. The van der Waals surface area contributed by atoms with Crippen LogP contribution in [-0.4, -0.2) is 52.7 Å². The maximum absolute atomic E-state index is 10.00. The number of nitrogens with zero attached hydrogens (tertiary/aromatic N) is 4. The standard InChI is InChI=1S/C26H27N5OS/c1-2-30-13-15-31(16-14-30)22-11-9-21(10-12-22)29-26-25-24(27-18-28-26)20(17-33-25)8-7-19-5-3-4-6-23(19)32/h3-12,17-18,32H,2,13-16H2,1H3,(H,27,28,29). The number of phenolic OH excluding ortho intramolecular Hbond substituents is 1. The molecule has 4 aromatic rings. The van der Waals surface area contributed by atoms with Gasteiger partial charge >= 0.3 is 0 Å². The molecule has 0 bridgehead atoms. The molecule has 3 heterocycles. The maximum Gasteiger partial charge on any atom is 0.151 e.